The summed E-state index contributed by atoms with van der Waals surface area (Å²) in [4.78, 5) is 25.1. The number of fused-ring (bicyclic) bond motifs is 1. The molecule has 168 valence electrons. The lowest BCUT2D eigenvalue weighted by Gasteiger charge is -2.17. The molecule has 1 heterocycles. The Balaban J connectivity index is 1.70. The van der Waals surface area contributed by atoms with E-state index in [9.17, 15) is 9.59 Å². The van der Waals surface area contributed by atoms with Gasteiger partial charge >= 0.3 is 6.03 Å². The Morgan fingerprint density at radius 3 is 2.55 bits per heavy atom. The third-order valence-corrected chi connectivity index (χ3v) is 5.46. The average Bonchev–Trinajstić information content (AvgIpc) is 3.05. The molecule has 0 spiro atoms. The van der Waals surface area contributed by atoms with Crippen LogP contribution in [0.3, 0.4) is 0 Å². The number of ether oxygens (including phenoxy) is 2. The van der Waals surface area contributed by atoms with Crippen molar-refractivity contribution in [1.29, 1.82) is 0 Å². The molecule has 0 radical (unpaired) electrons. The highest BCUT2D eigenvalue weighted by Gasteiger charge is 2.30. The van der Waals surface area contributed by atoms with Crippen LogP contribution < -0.4 is 14.8 Å². The molecule has 6 heteroatoms. The van der Waals surface area contributed by atoms with Crippen molar-refractivity contribution < 1.29 is 19.1 Å². The van der Waals surface area contributed by atoms with Gasteiger partial charge in [-0.3, -0.25) is 9.69 Å². The van der Waals surface area contributed by atoms with E-state index in [1.165, 1.54) is 7.05 Å². The Kier molecular flexibility index (Phi) is 6.45. The molecule has 3 aromatic carbocycles. The van der Waals surface area contributed by atoms with Crippen LogP contribution in [0.25, 0.3) is 16.8 Å². The van der Waals surface area contributed by atoms with E-state index in [2.05, 4.69) is 36.2 Å². The second-order valence-electron chi connectivity index (χ2n) is 7.71. The third-order valence-electron chi connectivity index (χ3n) is 5.46. The SMILES string of the molecule is C=CCc1cc(/C=C2/NC(=O)N(C)C2=O)cc(OCC)c1OCc1cccc2ccccc12. The second kappa shape index (κ2) is 9.61. The minimum Gasteiger partial charge on any atom is -0.490 e. The fourth-order valence-electron chi connectivity index (χ4n) is 3.86. The minimum atomic E-state index is -0.447. The smallest absolute Gasteiger partial charge is 0.328 e. The van der Waals surface area contributed by atoms with Gasteiger partial charge in [-0.15, -0.1) is 6.58 Å². The molecule has 6 nitrogen and oxygen atoms in total. The van der Waals surface area contributed by atoms with Crippen molar-refractivity contribution in [2.45, 2.75) is 20.0 Å². The molecule has 0 bridgehead atoms. The zero-order valence-electron chi connectivity index (χ0n) is 18.8. The van der Waals surface area contributed by atoms with Gasteiger partial charge in [0.1, 0.15) is 12.3 Å². The zero-order chi connectivity index (χ0) is 23.4. The standard InChI is InChI=1S/C27H26N2O4/c1-4-9-20-14-18(15-23-26(30)29(3)27(31)28-23)16-24(32-5-2)25(20)33-17-21-12-8-11-19-10-6-7-13-22(19)21/h4,6-8,10-16H,1,5,9,17H2,2-3H3,(H,28,31)/b23-15+. The lowest BCUT2D eigenvalue weighted by atomic mass is 10.0. The fourth-order valence-corrected chi connectivity index (χ4v) is 3.86. The number of allylic oxidation sites excluding steroid dienone is 1. The predicted molar refractivity (Wildman–Crippen MR) is 129 cm³/mol. The Hall–Kier alpha value is -4.06. The fraction of sp³-hybridized carbons (Fsp3) is 0.185. The van der Waals surface area contributed by atoms with Crippen molar-refractivity contribution in [3.8, 4) is 11.5 Å². The molecule has 1 saturated heterocycles. The van der Waals surface area contributed by atoms with Crippen LogP contribution in [0.2, 0.25) is 0 Å². The van der Waals surface area contributed by atoms with E-state index in [0.717, 1.165) is 32.4 Å². The number of carbonyl (C=O) groups is 2. The number of carbonyl (C=O) groups excluding carboxylic acids is 2. The van der Waals surface area contributed by atoms with Crippen molar-refractivity contribution in [1.82, 2.24) is 10.2 Å². The van der Waals surface area contributed by atoms with Crippen molar-refractivity contribution in [2.24, 2.45) is 0 Å². The monoisotopic (exact) mass is 442 g/mol. The average molecular weight is 443 g/mol. The molecule has 0 saturated carbocycles. The van der Waals surface area contributed by atoms with Crippen molar-refractivity contribution in [3.63, 3.8) is 0 Å². The van der Waals surface area contributed by atoms with Gasteiger partial charge in [-0.1, -0.05) is 48.5 Å². The zero-order valence-corrected chi connectivity index (χ0v) is 18.8. The summed E-state index contributed by atoms with van der Waals surface area (Å²) in [6.07, 6.45) is 4.00. The quantitative estimate of drug-likeness (QED) is 0.301. The molecule has 3 amide bonds. The van der Waals surface area contributed by atoms with E-state index < -0.39 is 6.03 Å². The molecule has 1 N–H and O–H groups in total. The number of amides is 3. The molecule has 0 aromatic heterocycles. The van der Waals surface area contributed by atoms with Gasteiger partial charge in [-0.25, -0.2) is 4.79 Å². The Labute approximate surface area is 193 Å². The number of imide groups is 1. The summed E-state index contributed by atoms with van der Waals surface area (Å²) in [6, 6.07) is 17.7. The number of nitrogens with zero attached hydrogens (tertiary/aromatic N) is 1. The van der Waals surface area contributed by atoms with Crippen molar-refractivity contribution in [3.05, 3.63) is 89.6 Å². The van der Waals surface area contributed by atoms with Crippen LogP contribution in [0.15, 0.2) is 72.9 Å². The predicted octanol–water partition coefficient (Wildman–Crippen LogP) is 5.07. The first-order valence-electron chi connectivity index (χ1n) is 10.8. The number of nitrogens with one attached hydrogen (secondary N) is 1. The number of rotatable bonds is 8. The molecule has 1 fully saturated rings. The van der Waals surface area contributed by atoms with Gasteiger partial charge in [-0.2, -0.15) is 0 Å². The maximum absolute atomic E-state index is 12.3. The topological polar surface area (TPSA) is 67.9 Å². The molecule has 1 aliphatic heterocycles. The third kappa shape index (κ3) is 4.60. The summed E-state index contributed by atoms with van der Waals surface area (Å²) in [6.45, 7) is 6.61. The number of hydrogen-bond acceptors (Lipinski definition) is 4. The van der Waals surface area contributed by atoms with Gasteiger partial charge < -0.3 is 14.8 Å². The molecule has 0 aliphatic carbocycles. The van der Waals surface area contributed by atoms with E-state index >= 15 is 0 Å². The molecule has 33 heavy (non-hydrogen) atoms. The summed E-state index contributed by atoms with van der Waals surface area (Å²) in [5, 5.41) is 4.89. The molecule has 1 aliphatic rings. The first kappa shape index (κ1) is 22.1. The van der Waals surface area contributed by atoms with Gasteiger partial charge in [0.15, 0.2) is 11.5 Å². The molecule has 0 atom stereocenters. The maximum Gasteiger partial charge on any atom is 0.328 e. The van der Waals surface area contributed by atoms with Crippen molar-refractivity contribution in [2.75, 3.05) is 13.7 Å². The Bertz CT molecular complexity index is 1260. The summed E-state index contributed by atoms with van der Waals surface area (Å²) in [7, 11) is 1.44. The van der Waals surface area contributed by atoms with Crippen LogP contribution in [-0.2, 0) is 17.8 Å². The molecular formula is C27H26N2O4. The first-order valence-corrected chi connectivity index (χ1v) is 10.8. The van der Waals surface area contributed by atoms with E-state index in [0.29, 0.717) is 31.1 Å². The van der Waals surface area contributed by atoms with Crippen LogP contribution in [0.5, 0.6) is 11.5 Å². The summed E-state index contributed by atoms with van der Waals surface area (Å²) >= 11 is 0. The van der Waals surface area contributed by atoms with Crippen LogP contribution in [0, 0.1) is 0 Å². The van der Waals surface area contributed by atoms with Crippen LogP contribution in [0.4, 0.5) is 4.79 Å². The van der Waals surface area contributed by atoms with Gasteiger partial charge in [0, 0.05) is 12.6 Å². The Morgan fingerprint density at radius 1 is 1.03 bits per heavy atom. The molecule has 0 unspecified atom stereocenters. The van der Waals surface area contributed by atoms with Crippen LogP contribution >= 0.6 is 0 Å². The highest BCUT2D eigenvalue weighted by atomic mass is 16.5. The number of urea groups is 1. The second-order valence-corrected chi connectivity index (χ2v) is 7.71. The largest absolute Gasteiger partial charge is 0.490 e. The van der Waals surface area contributed by atoms with E-state index in [-0.39, 0.29) is 11.6 Å². The van der Waals surface area contributed by atoms with E-state index in [1.807, 2.05) is 37.3 Å². The normalized spacial score (nSPS) is 14.6. The van der Waals surface area contributed by atoms with Gasteiger partial charge in [-0.05, 0) is 53.5 Å². The molecule has 4 rings (SSSR count). The van der Waals surface area contributed by atoms with Gasteiger partial charge in [0.2, 0.25) is 0 Å². The Morgan fingerprint density at radius 2 is 1.82 bits per heavy atom. The highest BCUT2D eigenvalue weighted by molar-refractivity contribution is 6.13. The lowest BCUT2D eigenvalue weighted by Crippen LogP contribution is -2.25. The lowest BCUT2D eigenvalue weighted by molar-refractivity contribution is -0.121. The minimum absolute atomic E-state index is 0.221. The summed E-state index contributed by atoms with van der Waals surface area (Å²) in [5.74, 6) is 0.847. The van der Waals surface area contributed by atoms with Gasteiger partial charge in [0.25, 0.3) is 5.91 Å². The van der Waals surface area contributed by atoms with Crippen LogP contribution in [0.1, 0.15) is 23.6 Å². The van der Waals surface area contributed by atoms with E-state index in [1.54, 1.807) is 12.2 Å². The van der Waals surface area contributed by atoms with E-state index in [4.69, 9.17) is 9.47 Å². The number of hydrogen-bond donors (Lipinski definition) is 1. The maximum atomic E-state index is 12.3. The molecular weight excluding hydrogens is 416 g/mol. The van der Waals surface area contributed by atoms with Crippen LogP contribution in [-0.4, -0.2) is 30.5 Å². The summed E-state index contributed by atoms with van der Waals surface area (Å²) < 4.78 is 12.2. The van der Waals surface area contributed by atoms with Crippen molar-refractivity contribution >= 4 is 28.8 Å². The number of likely N-dealkylation sites (N-methyl/N-ethyl adjacent to an activating group) is 1. The first-order chi connectivity index (χ1) is 16.0. The molecule has 3 aromatic rings. The summed E-state index contributed by atoms with van der Waals surface area (Å²) in [5.41, 5.74) is 2.91. The highest BCUT2D eigenvalue weighted by Crippen LogP contribution is 2.36. The number of benzene rings is 3. The van der Waals surface area contributed by atoms with Gasteiger partial charge in [0.05, 0.1) is 6.61 Å².